The van der Waals surface area contributed by atoms with Gasteiger partial charge in [-0.3, -0.25) is 0 Å². The molecule has 0 aliphatic heterocycles. The summed E-state index contributed by atoms with van der Waals surface area (Å²) in [5.74, 6) is -0.685. The highest BCUT2D eigenvalue weighted by molar-refractivity contribution is 5.33. The minimum Gasteiger partial charge on any atom is -0.494 e. The minimum atomic E-state index is -4.39. The van der Waals surface area contributed by atoms with Crippen LogP contribution in [0.25, 0.3) is 0 Å². The minimum absolute atomic E-state index is 0.114. The van der Waals surface area contributed by atoms with Gasteiger partial charge >= 0.3 is 6.18 Å². The summed E-state index contributed by atoms with van der Waals surface area (Å²) in [5, 5.41) is 0. The molecule has 0 saturated carbocycles. The van der Waals surface area contributed by atoms with Gasteiger partial charge in [-0.15, -0.1) is 0 Å². The van der Waals surface area contributed by atoms with Crippen LogP contribution in [0.3, 0.4) is 0 Å². The molecular formula is C17H17F4NO. The van der Waals surface area contributed by atoms with E-state index in [0.717, 1.165) is 12.1 Å². The number of alkyl halides is 3. The summed E-state index contributed by atoms with van der Waals surface area (Å²) in [5.41, 5.74) is 6.15. The number of ether oxygens (including phenoxy) is 1. The second kappa shape index (κ2) is 7.00. The summed E-state index contributed by atoms with van der Waals surface area (Å²) < 4.78 is 56.9. The Labute approximate surface area is 131 Å². The third-order valence-corrected chi connectivity index (χ3v) is 3.67. The predicted octanol–water partition coefficient (Wildman–Crippen LogP) is 4.14. The van der Waals surface area contributed by atoms with Crippen LogP contribution in [0.1, 0.15) is 22.6 Å². The third-order valence-electron chi connectivity index (χ3n) is 3.67. The van der Waals surface area contributed by atoms with E-state index >= 15 is 0 Å². The summed E-state index contributed by atoms with van der Waals surface area (Å²) in [6.07, 6.45) is -4.09. The Morgan fingerprint density at radius 2 is 1.87 bits per heavy atom. The number of benzene rings is 2. The Balaban J connectivity index is 2.24. The molecule has 0 aromatic heterocycles. The molecule has 1 unspecified atom stereocenters. The van der Waals surface area contributed by atoms with Crippen molar-refractivity contribution in [2.75, 3.05) is 13.7 Å². The first-order valence-corrected chi connectivity index (χ1v) is 7.04. The Morgan fingerprint density at radius 1 is 1.13 bits per heavy atom. The van der Waals surface area contributed by atoms with Crippen LogP contribution in [0.5, 0.6) is 5.75 Å². The first-order valence-electron chi connectivity index (χ1n) is 7.04. The Bertz CT molecular complexity index is 670. The number of hydrogen-bond donors (Lipinski definition) is 1. The number of methoxy groups -OCH3 is 1. The number of nitrogens with two attached hydrogens (primary N) is 1. The van der Waals surface area contributed by atoms with Crippen LogP contribution >= 0.6 is 0 Å². The van der Waals surface area contributed by atoms with E-state index in [4.69, 9.17) is 10.5 Å². The molecule has 0 saturated heterocycles. The molecule has 0 radical (unpaired) electrons. The van der Waals surface area contributed by atoms with E-state index < -0.39 is 17.6 Å². The van der Waals surface area contributed by atoms with Gasteiger partial charge in [0.05, 0.1) is 12.7 Å². The van der Waals surface area contributed by atoms with E-state index in [1.807, 2.05) is 0 Å². The van der Waals surface area contributed by atoms with Crippen molar-refractivity contribution in [1.82, 2.24) is 0 Å². The van der Waals surface area contributed by atoms with Gasteiger partial charge in [0, 0.05) is 5.92 Å². The predicted molar refractivity (Wildman–Crippen MR) is 79.9 cm³/mol. The monoisotopic (exact) mass is 327 g/mol. The van der Waals surface area contributed by atoms with Gasteiger partial charge in [0.2, 0.25) is 0 Å². The molecule has 1 atom stereocenters. The van der Waals surface area contributed by atoms with Gasteiger partial charge in [-0.25, -0.2) is 4.39 Å². The standard InChI is InChI=1S/C17H17F4NO/c1-23-16-6-5-12(9-15(16)18)13(10-22)7-11-3-2-4-14(8-11)17(19,20)21/h2-6,8-9,13H,7,10,22H2,1H3. The van der Waals surface area contributed by atoms with Gasteiger partial charge in [0.25, 0.3) is 0 Å². The average molecular weight is 327 g/mol. The molecule has 2 aromatic rings. The van der Waals surface area contributed by atoms with Gasteiger partial charge in [0.1, 0.15) is 0 Å². The average Bonchev–Trinajstić information content (AvgIpc) is 2.52. The number of halogens is 4. The van der Waals surface area contributed by atoms with Crippen molar-refractivity contribution in [3.05, 3.63) is 65.0 Å². The van der Waals surface area contributed by atoms with E-state index in [-0.39, 0.29) is 18.2 Å². The summed E-state index contributed by atoms with van der Waals surface area (Å²) in [6, 6.07) is 9.56. The van der Waals surface area contributed by atoms with Gasteiger partial charge in [-0.2, -0.15) is 13.2 Å². The Morgan fingerprint density at radius 3 is 2.43 bits per heavy atom. The highest BCUT2D eigenvalue weighted by Gasteiger charge is 2.30. The lowest BCUT2D eigenvalue weighted by molar-refractivity contribution is -0.137. The zero-order valence-electron chi connectivity index (χ0n) is 12.5. The van der Waals surface area contributed by atoms with Crippen LogP contribution in [-0.4, -0.2) is 13.7 Å². The van der Waals surface area contributed by atoms with Crippen molar-refractivity contribution in [3.63, 3.8) is 0 Å². The maximum absolute atomic E-state index is 13.8. The lowest BCUT2D eigenvalue weighted by Crippen LogP contribution is -2.16. The molecule has 0 bridgehead atoms. The van der Waals surface area contributed by atoms with E-state index in [9.17, 15) is 17.6 Å². The maximum atomic E-state index is 13.8. The van der Waals surface area contributed by atoms with Crippen LogP contribution in [0, 0.1) is 5.82 Å². The van der Waals surface area contributed by atoms with Crippen molar-refractivity contribution >= 4 is 0 Å². The van der Waals surface area contributed by atoms with Crippen LogP contribution in [0.4, 0.5) is 17.6 Å². The van der Waals surface area contributed by atoms with Crippen LogP contribution in [0.15, 0.2) is 42.5 Å². The fourth-order valence-corrected chi connectivity index (χ4v) is 2.43. The topological polar surface area (TPSA) is 35.2 Å². The van der Waals surface area contributed by atoms with Crippen molar-refractivity contribution in [2.24, 2.45) is 5.73 Å². The number of hydrogen-bond acceptors (Lipinski definition) is 2. The quantitative estimate of drug-likeness (QED) is 0.838. The smallest absolute Gasteiger partial charge is 0.416 e. The van der Waals surface area contributed by atoms with Gasteiger partial charge < -0.3 is 10.5 Å². The van der Waals surface area contributed by atoms with E-state index in [2.05, 4.69) is 0 Å². The lowest BCUT2D eigenvalue weighted by atomic mass is 9.91. The zero-order chi connectivity index (χ0) is 17.0. The van der Waals surface area contributed by atoms with E-state index in [0.29, 0.717) is 17.5 Å². The second-order valence-electron chi connectivity index (χ2n) is 5.23. The van der Waals surface area contributed by atoms with Crippen molar-refractivity contribution in [1.29, 1.82) is 0 Å². The molecule has 2 rings (SSSR count). The Hall–Kier alpha value is -2.08. The van der Waals surface area contributed by atoms with Crippen LogP contribution < -0.4 is 10.5 Å². The molecule has 2 nitrogen and oxygen atoms in total. The molecule has 0 spiro atoms. The first-order chi connectivity index (χ1) is 10.8. The lowest BCUT2D eigenvalue weighted by Gasteiger charge is -2.17. The fraction of sp³-hybridized carbons (Fsp3) is 0.294. The molecule has 0 heterocycles. The fourth-order valence-electron chi connectivity index (χ4n) is 2.43. The molecule has 0 fully saturated rings. The molecule has 6 heteroatoms. The molecular weight excluding hydrogens is 310 g/mol. The summed E-state index contributed by atoms with van der Waals surface area (Å²) >= 11 is 0. The maximum Gasteiger partial charge on any atom is 0.416 e. The molecule has 0 aliphatic carbocycles. The molecule has 0 amide bonds. The van der Waals surface area contributed by atoms with Gasteiger partial charge in [0.15, 0.2) is 11.6 Å². The zero-order valence-corrected chi connectivity index (χ0v) is 12.5. The molecule has 2 aromatic carbocycles. The number of rotatable bonds is 5. The highest BCUT2D eigenvalue weighted by atomic mass is 19.4. The third kappa shape index (κ3) is 4.22. The molecule has 2 N–H and O–H groups in total. The molecule has 0 aliphatic rings. The van der Waals surface area contributed by atoms with E-state index in [1.165, 1.54) is 25.3 Å². The van der Waals surface area contributed by atoms with Crippen LogP contribution in [-0.2, 0) is 12.6 Å². The molecule has 124 valence electrons. The summed E-state index contributed by atoms with van der Waals surface area (Å²) in [4.78, 5) is 0. The van der Waals surface area contributed by atoms with Crippen LogP contribution in [0.2, 0.25) is 0 Å². The van der Waals surface area contributed by atoms with Gasteiger partial charge in [-0.1, -0.05) is 24.3 Å². The largest absolute Gasteiger partial charge is 0.494 e. The van der Waals surface area contributed by atoms with Crippen molar-refractivity contribution < 1.29 is 22.3 Å². The second-order valence-corrected chi connectivity index (χ2v) is 5.23. The van der Waals surface area contributed by atoms with Crippen molar-refractivity contribution in [3.8, 4) is 5.75 Å². The first kappa shape index (κ1) is 17.3. The molecule has 23 heavy (non-hydrogen) atoms. The Kier molecular flexibility index (Phi) is 5.26. The summed E-state index contributed by atoms with van der Waals surface area (Å²) in [6.45, 7) is 0.196. The highest BCUT2D eigenvalue weighted by Crippen LogP contribution is 2.31. The van der Waals surface area contributed by atoms with E-state index in [1.54, 1.807) is 12.1 Å². The van der Waals surface area contributed by atoms with Crippen molar-refractivity contribution in [2.45, 2.75) is 18.5 Å². The normalized spacial score (nSPS) is 13.0. The van der Waals surface area contributed by atoms with Gasteiger partial charge in [-0.05, 0) is 42.3 Å². The SMILES string of the molecule is COc1ccc(C(CN)Cc2cccc(C(F)(F)F)c2)cc1F. The summed E-state index contributed by atoms with van der Waals surface area (Å²) in [7, 11) is 1.36.